The van der Waals surface area contributed by atoms with E-state index in [2.05, 4.69) is 0 Å². The molecule has 1 aliphatic rings. The number of benzene rings is 2. The molecule has 2 atom stereocenters. The van der Waals surface area contributed by atoms with Crippen molar-refractivity contribution in [1.29, 1.82) is 0 Å². The summed E-state index contributed by atoms with van der Waals surface area (Å²) in [5.41, 5.74) is 1.03. The number of anilines is 1. The Labute approximate surface area is 164 Å². The highest BCUT2D eigenvalue weighted by Gasteiger charge is 2.41. The monoisotopic (exact) mass is 401 g/mol. The average molecular weight is 401 g/mol. The molecule has 8 heteroatoms. The zero-order chi connectivity index (χ0) is 20.4. The van der Waals surface area contributed by atoms with Gasteiger partial charge in [-0.25, -0.2) is 9.00 Å². The Morgan fingerprint density at radius 2 is 1.82 bits per heavy atom. The summed E-state index contributed by atoms with van der Waals surface area (Å²) in [5, 5.41) is 0. The lowest BCUT2D eigenvalue weighted by Crippen LogP contribution is -2.47. The predicted molar refractivity (Wildman–Crippen MR) is 102 cm³/mol. The van der Waals surface area contributed by atoms with E-state index in [0.29, 0.717) is 10.6 Å². The van der Waals surface area contributed by atoms with Crippen LogP contribution in [-0.4, -0.2) is 34.6 Å². The molecule has 3 rings (SSSR count). The Bertz CT molecular complexity index is 969. The second-order valence-corrected chi connectivity index (χ2v) is 7.79. The number of fused-ring (bicyclic) bond motifs is 1. The highest BCUT2D eigenvalue weighted by atomic mass is 32.2. The van der Waals surface area contributed by atoms with Crippen molar-refractivity contribution >= 4 is 34.3 Å². The van der Waals surface area contributed by atoms with Gasteiger partial charge in [-0.3, -0.25) is 9.59 Å². The Balaban J connectivity index is 2.09. The fourth-order valence-corrected chi connectivity index (χ4v) is 4.22. The second kappa shape index (κ2) is 7.93. The third kappa shape index (κ3) is 3.82. The van der Waals surface area contributed by atoms with Crippen LogP contribution in [0, 0.1) is 6.92 Å². The largest absolute Gasteiger partial charge is 0.465 e. The fourth-order valence-electron chi connectivity index (χ4n) is 2.88. The van der Waals surface area contributed by atoms with E-state index in [0.717, 1.165) is 18.1 Å². The number of aryl methyl sites for hydroxylation is 1. The summed E-state index contributed by atoms with van der Waals surface area (Å²) in [6.07, 6.45) is 0. The van der Waals surface area contributed by atoms with Gasteiger partial charge in [0.2, 0.25) is 0 Å². The number of nitrogens with zero attached hydrogens (tertiary/aromatic N) is 1. The Hall–Kier alpha value is -3.00. The second-order valence-electron chi connectivity index (χ2n) is 6.32. The Morgan fingerprint density at radius 1 is 1.14 bits per heavy atom. The first-order valence-corrected chi connectivity index (χ1v) is 9.70. The van der Waals surface area contributed by atoms with Crippen molar-refractivity contribution in [2.45, 2.75) is 30.7 Å². The molecule has 0 spiro atoms. The van der Waals surface area contributed by atoms with E-state index >= 15 is 0 Å². The van der Waals surface area contributed by atoms with Crippen LogP contribution in [0.2, 0.25) is 0 Å². The van der Waals surface area contributed by atoms with Gasteiger partial charge in [0, 0.05) is 6.92 Å². The van der Waals surface area contributed by atoms with E-state index in [4.69, 9.17) is 9.47 Å². The molecule has 2 aromatic rings. The average Bonchev–Trinajstić information content (AvgIpc) is 2.68. The maximum Gasteiger partial charge on any atom is 0.337 e. The minimum atomic E-state index is -1.90. The minimum Gasteiger partial charge on any atom is -0.465 e. The van der Waals surface area contributed by atoms with Crippen molar-refractivity contribution in [3.63, 3.8) is 0 Å². The van der Waals surface area contributed by atoms with Crippen LogP contribution in [0.3, 0.4) is 0 Å². The summed E-state index contributed by atoms with van der Waals surface area (Å²) in [6, 6.07) is 12.0. The number of rotatable bonds is 4. The molecule has 0 bridgehead atoms. The van der Waals surface area contributed by atoms with Gasteiger partial charge < -0.3 is 14.4 Å². The summed E-state index contributed by atoms with van der Waals surface area (Å²) in [4.78, 5) is 38.0. The first-order chi connectivity index (χ1) is 13.3. The van der Waals surface area contributed by atoms with Gasteiger partial charge in [-0.2, -0.15) is 0 Å². The van der Waals surface area contributed by atoms with Crippen molar-refractivity contribution in [1.82, 2.24) is 0 Å². The van der Waals surface area contributed by atoms with Crippen LogP contribution < -0.4 is 4.90 Å². The topological polar surface area (TPSA) is 90.0 Å². The molecule has 0 unspecified atom stereocenters. The first-order valence-electron chi connectivity index (χ1n) is 8.49. The molecule has 0 fully saturated rings. The van der Waals surface area contributed by atoms with Gasteiger partial charge in [0.1, 0.15) is 10.8 Å². The normalized spacial score (nSPS) is 18.4. The highest BCUT2D eigenvalue weighted by Crippen LogP contribution is 2.35. The van der Waals surface area contributed by atoms with Crippen LogP contribution in [0.25, 0.3) is 0 Å². The molecule has 1 amide bonds. The zero-order valence-electron chi connectivity index (χ0n) is 15.6. The number of esters is 2. The molecule has 0 aliphatic carbocycles. The van der Waals surface area contributed by atoms with Crippen LogP contribution in [0.5, 0.6) is 0 Å². The van der Waals surface area contributed by atoms with Crippen LogP contribution in [0.15, 0.2) is 47.4 Å². The molecule has 0 aromatic heterocycles. The van der Waals surface area contributed by atoms with Gasteiger partial charge in [0.05, 0.1) is 29.8 Å². The molecule has 1 heterocycles. The lowest BCUT2D eigenvalue weighted by Gasteiger charge is -2.33. The SMILES string of the molecule is COC(=O)c1ccc2c(c1)N(Cc1ccc(C)cc1)C(=O)[C@H](OC(C)=O)[S@]2=O. The maximum atomic E-state index is 13.0. The third-order valence-corrected chi connectivity index (χ3v) is 5.75. The zero-order valence-corrected chi connectivity index (χ0v) is 16.4. The molecule has 28 heavy (non-hydrogen) atoms. The molecule has 0 saturated carbocycles. The number of hydrogen-bond donors (Lipinski definition) is 0. The number of carbonyl (C=O) groups excluding carboxylic acids is 3. The van der Waals surface area contributed by atoms with E-state index in [-0.39, 0.29) is 12.1 Å². The molecular weight excluding hydrogens is 382 g/mol. The van der Waals surface area contributed by atoms with Crippen molar-refractivity contribution in [3.05, 3.63) is 59.2 Å². The maximum absolute atomic E-state index is 13.0. The fraction of sp³-hybridized carbons (Fsp3) is 0.250. The van der Waals surface area contributed by atoms with Gasteiger partial charge >= 0.3 is 11.9 Å². The Morgan fingerprint density at radius 3 is 2.43 bits per heavy atom. The lowest BCUT2D eigenvalue weighted by atomic mass is 10.1. The molecule has 146 valence electrons. The van der Waals surface area contributed by atoms with E-state index in [1.54, 1.807) is 0 Å². The van der Waals surface area contributed by atoms with Crippen molar-refractivity contribution in [3.8, 4) is 0 Å². The molecule has 0 saturated heterocycles. The molecule has 7 nitrogen and oxygen atoms in total. The summed E-state index contributed by atoms with van der Waals surface area (Å²) in [7, 11) is -0.640. The highest BCUT2D eigenvalue weighted by molar-refractivity contribution is 7.86. The van der Waals surface area contributed by atoms with Crippen LogP contribution in [0.4, 0.5) is 5.69 Å². The molecule has 0 N–H and O–H groups in total. The number of methoxy groups -OCH3 is 1. The molecule has 0 radical (unpaired) electrons. The van der Waals surface area contributed by atoms with E-state index < -0.39 is 34.1 Å². The van der Waals surface area contributed by atoms with Crippen LogP contribution in [-0.2, 0) is 36.4 Å². The standard InChI is InChI=1S/C20H19NO6S/c1-12-4-6-14(7-5-12)11-21-16-10-15(19(24)26-3)8-9-17(16)28(25)20(18(21)23)27-13(2)22/h4-10,20H,11H2,1-3H3/t20-,28+/m1/s1. The number of hydrogen-bond acceptors (Lipinski definition) is 6. The lowest BCUT2D eigenvalue weighted by molar-refractivity contribution is -0.148. The minimum absolute atomic E-state index is 0.172. The van der Waals surface area contributed by atoms with Gasteiger partial charge in [-0.15, -0.1) is 0 Å². The van der Waals surface area contributed by atoms with Crippen LogP contribution in [0.1, 0.15) is 28.4 Å². The van der Waals surface area contributed by atoms with E-state index in [9.17, 15) is 18.6 Å². The third-order valence-electron chi connectivity index (χ3n) is 4.28. The van der Waals surface area contributed by atoms with Gasteiger partial charge in [-0.05, 0) is 30.7 Å². The molecule has 1 aliphatic heterocycles. The summed E-state index contributed by atoms with van der Waals surface area (Å²) < 4.78 is 22.6. The predicted octanol–water partition coefficient (Wildman–Crippen LogP) is 2.33. The van der Waals surface area contributed by atoms with Gasteiger partial charge in [0.25, 0.3) is 11.3 Å². The van der Waals surface area contributed by atoms with Crippen LogP contribution >= 0.6 is 0 Å². The number of ether oxygens (including phenoxy) is 2. The van der Waals surface area contributed by atoms with Crippen molar-refractivity contribution < 1.29 is 28.1 Å². The van der Waals surface area contributed by atoms with Crippen molar-refractivity contribution in [2.24, 2.45) is 0 Å². The summed E-state index contributed by atoms with van der Waals surface area (Å²) in [5.74, 6) is -1.88. The number of carbonyl (C=O) groups is 3. The van der Waals surface area contributed by atoms with E-state index in [1.165, 1.54) is 30.2 Å². The first kappa shape index (κ1) is 19.8. The van der Waals surface area contributed by atoms with Gasteiger partial charge in [-0.1, -0.05) is 29.8 Å². The van der Waals surface area contributed by atoms with Gasteiger partial charge in [0.15, 0.2) is 0 Å². The molecule has 2 aromatic carbocycles. The van der Waals surface area contributed by atoms with E-state index in [1.807, 2.05) is 31.2 Å². The number of amides is 1. The van der Waals surface area contributed by atoms with Crippen molar-refractivity contribution in [2.75, 3.05) is 12.0 Å². The summed E-state index contributed by atoms with van der Waals surface area (Å²) in [6.45, 7) is 3.28. The smallest absolute Gasteiger partial charge is 0.337 e. The quantitative estimate of drug-likeness (QED) is 0.731. The Kier molecular flexibility index (Phi) is 5.60. The molecular formula is C20H19NO6S. The summed E-state index contributed by atoms with van der Waals surface area (Å²) >= 11 is 0.